The minimum atomic E-state index is -1.16. The monoisotopic (exact) mass is 428 g/mol. The molecule has 1 aliphatic carbocycles. The SMILES string of the molecule is COc1ccc(C2(CC(=O)N(CC3CCC3)CC3CCCO3)CC(=O)N(C)C2=O)cc1. The largest absolute Gasteiger partial charge is 0.497 e. The number of carbonyl (C=O) groups is 3. The van der Waals surface area contributed by atoms with E-state index in [9.17, 15) is 14.4 Å². The number of benzene rings is 1. The van der Waals surface area contributed by atoms with Gasteiger partial charge in [-0.25, -0.2) is 0 Å². The maximum absolute atomic E-state index is 13.6. The summed E-state index contributed by atoms with van der Waals surface area (Å²) in [5, 5.41) is 0. The van der Waals surface area contributed by atoms with Crippen LogP contribution < -0.4 is 4.74 Å². The highest BCUT2D eigenvalue weighted by Gasteiger charge is 2.53. The van der Waals surface area contributed by atoms with E-state index in [0.29, 0.717) is 30.3 Å². The lowest BCUT2D eigenvalue weighted by molar-refractivity contribution is -0.142. The van der Waals surface area contributed by atoms with Gasteiger partial charge in [-0.2, -0.15) is 0 Å². The fourth-order valence-electron chi connectivity index (χ4n) is 4.93. The van der Waals surface area contributed by atoms with E-state index in [0.717, 1.165) is 37.2 Å². The maximum Gasteiger partial charge on any atom is 0.240 e. The molecule has 3 amide bonds. The summed E-state index contributed by atoms with van der Waals surface area (Å²) in [7, 11) is 3.08. The molecule has 1 aromatic rings. The van der Waals surface area contributed by atoms with E-state index in [1.54, 1.807) is 31.4 Å². The first-order valence-electron chi connectivity index (χ1n) is 11.3. The molecule has 7 heteroatoms. The molecule has 1 saturated carbocycles. The number of carbonyl (C=O) groups excluding carboxylic acids is 3. The Morgan fingerprint density at radius 3 is 2.42 bits per heavy atom. The van der Waals surface area contributed by atoms with E-state index in [-0.39, 0.29) is 36.7 Å². The summed E-state index contributed by atoms with van der Waals surface area (Å²) in [4.78, 5) is 42.4. The van der Waals surface area contributed by atoms with Crippen molar-refractivity contribution in [3.05, 3.63) is 29.8 Å². The first-order chi connectivity index (χ1) is 14.9. The zero-order valence-corrected chi connectivity index (χ0v) is 18.5. The number of imide groups is 1. The lowest BCUT2D eigenvalue weighted by atomic mass is 9.75. The first kappa shape index (κ1) is 21.8. The molecule has 4 rings (SSSR count). The van der Waals surface area contributed by atoms with Gasteiger partial charge < -0.3 is 14.4 Å². The molecular weight excluding hydrogens is 396 g/mol. The van der Waals surface area contributed by atoms with Gasteiger partial charge in [0.2, 0.25) is 17.7 Å². The lowest BCUT2D eigenvalue weighted by Crippen LogP contribution is -2.46. The normalized spacial score (nSPS) is 26.3. The number of methoxy groups -OCH3 is 1. The van der Waals surface area contributed by atoms with E-state index in [2.05, 4.69) is 0 Å². The molecule has 31 heavy (non-hydrogen) atoms. The van der Waals surface area contributed by atoms with Crippen LogP contribution in [0.15, 0.2) is 24.3 Å². The van der Waals surface area contributed by atoms with Crippen molar-refractivity contribution in [3.8, 4) is 5.75 Å². The third kappa shape index (κ3) is 4.33. The van der Waals surface area contributed by atoms with Crippen LogP contribution in [0, 0.1) is 5.92 Å². The topological polar surface area (TPSA) is 76.2 Å². The van der Waals surface area contributed by atoms with Gasteiger partial charge in [-0.1, -0.05) is 18.6 Å². The summed E-state index contributed by atoms with van der Waals surface area (Å²) in [5.74, 6) is 0.552. The second-order valence-electron chi connectivity index (χ2n) is 9.15. The summed E-state index contributed by atoms with van der Waals surface area (Å²) < 4.78 is 11.0. The summed E-state index contributed by atoms with van der Waals surface area (Å²) in [6.07, 6.45) is 5.52. The molecule has 2 saturated heterocycles. The van der Waals surface area contributed by atoms with Crippen molar-refractivity contribution < 1.29 is 23.9 Å². The van der Waals surface area contributed by atoms with Crippen molar-refractivity contribution in [2.75, 3.05) is 33.9 Å². The Kier molecular flexibility index (Phi) is 6.32. The lowest BCUT2D eigenvalue weighted by Gasteiger charge is -2.36. The van der Waals surface area contributed by atoms with Gasteiger partial charge in [0.25, 0.3) is 0 Å². The molecule has 0 N–H and O–H groups in total. The van der Waals surface area contributed by atoms with Crippen LogP contribution in [0.2, 0.25) is 0 Å². The van der Waals surface area contributed by atoms with E-state index in [1.165, 1.54) is 13.5 Å². The van der Waals surface area contributed by atoms with Gasteiger partial charge in [-0.3, -0.25) is 19.3 Å². The third-order valence-corrected chi connectivity index (χ3v) is 7.14. The molecule has 7 nitrogen and oxygen atoms in total. The Morgan fingerprint density at radius 2 is 1.90 bits per heavy atom. The standard InChI is InChI=1S/C24H32N2O5/c1-25-21(27)13-24(23(25)29,18-8-10-19(30-2)11-9-18)14-22(28)26(15-17-5-3-6-17)16-20-7-4-12-31-20/h8-11,17,20H,3-7,12-16H2,1-2H3. The summed E-state index contributed by atoms with van der Waals surface area (Å²) in [6, 6.07) is 7.14. The molecule has 0 radical (unpaired) electrons. The molecule has 0 aromatic heterocycles. The zero-order valence-electron chi connectivity index (χ0n) is 18.5. The maximum atomic E-state index is 13.6. The van der Waals surface area contributed by atoms with Crippen LogP contribution in [-0.2, 0) is 24.5 Å². The van der Waals surface area contributed by atoms with Crippen LogP contribution in [0.4, 0.5) is 0 Å². The van der Waals surface area contributed by atoms with Gasteiger partial charge in [-0.15, -0.1) is 0 Å². The summed E-state index contributed by atoms with van der Waals surface area (Å²) in [6.45, 7) is 2.01. The highest BCUT2D eigenvalue weighted by molar-refractivity contribution is 6.10. The van der Waals surface area contributed by atoms with Crippen molar-refractivity contribution in [3.63, 3.8) is 0 Å². The third-order valence-electron chi connectivity index (χ3n) is 7.14. The Balaban J connectivity index is 1.60. The van der Waals surface area contributed by atoms with E-state index in [4.69, 9.17) is 9.47 Å². The van der Waals surface area contributed by atoms with Crippen LogP contribution in [-0.4, -0.2) is 67.5 Å². The van der Waals surface area contributed by atoms with E-state index < -0.39 is 5.41 Å². The molecule has 1 aromatic carbocycles. The minimum Gasteiger partial charge on any atom is -0.497 e. The van der Waals surface area contributed by atoms with Gasteiger partial charge in [0.15, 0.2) is 0 Å². The number of nitrogens with zero attached hydrogens (tertiary/aromatic N) is 2. The Bertz CT molecular complexity index is 829. The quantitative estimate of drug-likeness (QED) is 0.595. The van der Waals surface area contributed by atoms with Gasteiger partial charge in [-0.05, 0) is 49.3 Å². The smallest absolute Gasteiger partial charge is 0.240 e. The van der Waals surface area contributed by atoms with E-state index >= 15 is 0 Å². The Hall–Kier alpha value is -2.41. The van der Waals surface area contributed by atoms with Crippen molar-refractivity contribution in [1.82, 2.24) is 9.80 Å². The fraction of sp³-hybridized carbons (Fsp3) is 0.625. The molecule has 0 spiro atoms. The van der Waals surface area contributed by atoms with Crippen molar-refractivity contribution in [2.45, 2.75) is 56.5 Å². The van der Waals surface area contributed by atoms with E-state index in [1.807, 2.05) is 4.90 Å². The highest BCUT2D eigenvalue weighted by Crippen LogP contribution is 2.40. The molecule has 2 heterocycles. The van der Waals surface area contributed by atoms with Gasteiger partial charge >= 0.3 is 0 Å². The van der Waals surface area contributed by atoms with Crippen molar-refractivity contribution in [2.24, 2.45) is 5.92 Å². The number of likely N-dealkylation sites (N-methyl/N-ethyl adjacent to an activating group) is 1. The average molecular weight is 429 g/mol. The van der Waals surface area contributed by atoms with Gasteiger partial charge in [0.1, 0.15) is 5.75 Å². The number of ether oxygens (including phenoxy) is 2. The number of likely N-dealkylation sites (tertiary alicyclic amines) is 1. The van der Waals surface area contributed by atoms with Crippen LogP contribution in [0.3, 0.4) is 0 Å². The predicted molar refractivity (Wildman–Crippen MR) is 115 cm³/mol. The van der Waals surface area contributed by atoms with Crippen LogP contribution >= 0.6 is 0 Å². The molecule has 3 fully saturated rings. The molecule has 3 aliphatic rings. The minimum absolute atomic E-state index is 0.00627. The summed E-state index contributed by atoms with van der Waals surface area (Å²) >= 11 is 0. The number of rotatable bonds is 8. The number of hydrogen-bond donors (Lipinski definition) is 0. The summed E-state index contributed by atoms with van der Waals surface area (Å²) in [5.41, 5.74) is -0.478. The second-order valence-corrected chi connectivity index (χ2v) is 9.15. The van der Waals surface area contributed by atoms with Gasteiger partial charge in [0.05, 0.1) is 18.6 Å². The van der Waals surface area contributed by atoms with Crippen molar-refractivity contribution in [1.29, 1.82) is 0 Å². The highest BCUT2D eigenvalue weighted by atomic mass is 16.5. The van der Waals surface area contributed by atoms with Crippen LogP contribution in [0.5, 0.6) is 5.75 Å². The Labute approximate surface area is 183 Å². The predicted octanol–water partition coefficient (Wildman–Crippen LogP) is 2.52. The molecule has 2 atom stereocenters. The van der Waals surface area contributed by atoms with Gasteiger partial charge in [0, 0.05) is 39.6 Å². The molecule has 0 bridgehead atoms. The number of amides is 3. The van der Waals surface area contributed by atoms with Crippen molar-refractivity contribution >= 4 is 17.7 Å². The van der Waals surface area contributed by atoms with Crippen LogP contribution in [0.25, 0.3) is 0 Å². The zero-order chi connectivity index (χ0) is 22.0. The molecule has 2 aliphatic heterocycles. The van der Waals surface area contributed by atoms with Crippen LogP contribution in [0.1, 0.15) is 50.5 Å². The molecule has 168 valence electrons. The average Bonchev–Trinajstić information content (AvgIpc) is 3.33. The Morgan fingerprint density at radius 1 is 1.16 bits per heavy atom. The molecule has 2 unspecified atom stereocenters. The number of hydrogen-bond acceptors (Lipinski definition) is 5. The first-order valence-corrected chi connectivity index (χ1v) is 11.3. The fourth-order valence-corrected chi connectivity index (χ4v) is 4.93. The second kappa shape index (κ2) is 8.99. The molecular formula is C24H32N2O5.